The van der Waals surface area contributed by atoms with E-state index in [4.69, 9.17) is 11.6 Å². The van der Waals surface area contributed by atoms with Crippen molar-refractivity contribution in [2.45, 2.75) is 45.6 Å². The molecule has 4 nitrogen and oxygen atoms in total. The topological polar surface area (TPSA) is 54.9 Å². The SMILES string of the molecule is CCc1c(Cl)[nH]c(=O)n(C(C)(C)C2CC2)c1=O. The molecule has 0 aliphatic heterocycles. The van der Waals surface area contributed by atoms with Crippen LogP contribution in [-0.4, -0.2) is 9.55 Å². The van der Waals surface area contributed by atoms with Crippen LogP contribution in [0.1, 0.15) is 39.2 Å². The van der Waals surface area contributed by atoms with Crippen LogP contribution in [0.3, 0.4) is 0 Å². The molecule has 0 bridgehead atoms. The van der Waals surface area contributed by atoms with Gasteiger partial charge in [0, 0.05) is 5.54 Å². The van der Waals surface area contributed by atoms with Crippen LogP contribution in [0.2, 0.25) is 5.15 Å². The van der Waals surface area contributed by atoms with Gasteiger partial charge in [-0.15, -0.1) is 0 Å². The van der Waals surface area contributed by atoms with Gasteiger partial charge < -0.3 is 0 Å². The van der Waals surface area contributed by atoms with E-state index in [2.05, 4.69) is 4.98 Å². The second-order valence-electron chi connectivity index (χ2n) is 5.14. The van der Waals surface area contributed by atoms with Crippen molar-refractivity contribution in [2.75, 3.05) is 0 Å². The average molecular weight is 257 g/mol. The molecule has 1 fully saturated rings. The van der Waals surface area contributed by atoms with Crippen LogP contribution >= 0.6 is 11.6 Å². The van der Waals surface area contributed by atoms with Gasteiger partial charge in [-0.05, 0) is 39.0 Å². The van der Waals surface area contributed by atoms with Gasteiger partial charge in [0.25, 0.3) is 5.56 Å². The minimum atomic E-state index is -0.431. The van der Waals surface area contributed by atoms with Crippen LogP contribution in [0.5, 0.6) is 0 Å². The van der Waals surface area contributed by atoms with Crippen molar-refractivity contribution in [2.24, 2.45) is 5.92 Å². The second-order valence-corrected chi connectivity index (χ2v) is 5.52. The summed E-state index contributed by atoms with van der Waals surface area (Å²) in [5, 5.41) is 0.172. The minimum absolute atomic E-state index is 0.172. The van der Waals surface area contributed by atoms with E-state index in [1.54, 1.807) is 0 Å². The van der Waals surface area contributed by atoms with Crippen LogP contribution in [-0.2, 0) is 12.0 Å². The fraction of sp³-hybridized carbons (Fsp3) is 0.667. The van der Waals surface area contributed by atoms with Gasteiger partial charge in [0.1, 0.15) is 5.15 Å². The number of hydrogen-bond acceptors (Lipinski definition) is 2. The summed E-state index contributed by atoms with van der Waals surface area (Å²) in [6, 6.07) is 0. The molecular formula is C12H17ClN2O2. The number of rotatable bonds is 3. The molecule has 1 aromatic heterocycles. The van der Waals surface area contributed by atoms with Gasteiger partial charge in [0.15, 0.2) is 0 Å². The molecule has 94 valence electrons. The molecule has 2 rings (SSSR count). The molecule has 0 spiro atoms. The molecule has 0 unspecified atom stereocenters. The second kappa shape index (κ2) is 4.02. The number of aromatic amines is 1. The van der Waals surface area contributed by atoms with Crippen LogP contribution in [0, 0.1) is 5.92 Å². The largest absolute Gasteiger partial charge is 0.330 e. The highest BCUT2D eigenvalue weighted by Gasteiger charge is 2.41. The van der Waals surface area contributed by atoms with Crippen molar-refractivity contribution in [1.29, 1.82) is 0 Å². The Morgan fingerprint density at radius 1 is 1.41 bits per heavy atom. The maximum absolute atomic E-state index is 12.3. The third-order valence-corrected chi connectivity index (χ3v) is 3.97. The molecule has 0 saturated heterocycles. The highest BCUT2D eigenvalue weighted by atomic mass is 35.5. The Morgan fingerprint density at radius 3 is 2.47 bits per heavy atom. The molecule has 0 amide bonds. The molecular weight excluding hydrogens is 240 g/mol. The smallest absolute Gasteiger partial charge is 0.297 e. The number of nitrogens with one attached hydrogen (secondary N) is 1. The first-order valence-corrected chi connectivity index (χ1v) is 6.31. The normalized spacial score (nSPS) is 16.2. The molecule has 1 N–H and O–H groups in total. The predicted molar refractivity (Wildman–Crippen MR) is 67.8 cm³/mol. The number of H-pyrrole nitrogens is 1. The first-order chi connectivity index (χ1) is 7.89. The highest BCUT2D eigenvalue weighted by Crippen LogP contribution is 2.42. The van der Waals surface area contributed by atoms with E-state index in [0.717, 1.165) is 12.8 Å². The first kappa shape index (κ1) is 12.4. The molecule has 1 heterocycles. The Labute approximate surface area is 105 Å². The summed E-state index contributed by atoms with van der Waals surface area (Å²) in [5.41, 5.74) is -0.605. The van der Waals surface area contributed by atoms with Crippen molar-refractivity contribution in [3.8, 4) is 0 Å². The summed E-state index contributed by atoms with van der Waals surface area (Å²) in [5.74, 6) is 0.409. The molecule has 1 aliphatic carbocycles. The summed E-state index contributed by atoms with van der Waals surface area (Å²) < 4.78 is 1.33. The summed E-state index contributed by atoms with van der Waals surface area (Å²) in [6.45, 7) is 5.73. The zero-order chi connectivity index (χ0) is 12.8. The quantitative estimate of drug-likeness (QED) is 0.840. The zero-order valence-corrected chi connectivity index (χ0v) is 11.1. The molecule has 1 saturated carbocycles. The van der Waals surface area contributed by atoms with Crippen molar-refractivity contribution in [3.63, 3.8) is 0 Å². The lowest BCUT2D eigenvalue weighted by Crippen LogP contribution is -2.48. The van der Waals surface area contributed by atoms with E-state index in [9.17, 15) is 9.59 Å². The molecule has 0 atom stereocenters. The molecule has 1 aliphatic rings. The van der Waals surface area contributed by atoms with Crippen LogP contribution in [0.25, 0.3) is 0 Å². The van der Waals surface area contributed by atoms with E-state index in [1.807, 2.05) is 20.8 Å². The van der Waals surface area contributed by atoms with Gasteiger partial charge in [0.2, 0.25) is 0 Å². The lowest BCUT2D eigenvalue weighted by molar-refractivity contribution is 0.281. The third-order valence-electron chi connectivity index (χ3n) is 3.65. The predicted octanol–water partition coefficient (Wildman–Crippen LogP) is 1.90. The molecule has 1 aromatic rings. The maximum Gasteiger partial charge on any atom is 0.330 e. The van der Waals surface area contributed by atoms with E-state index in [0.29, 0.717) is 17.9 Å². The zero-order valence-electron chi connectivity index (χ0n) is 10.3. The Balaban J connectivity index is 2.69. The number of hydrogen-bond donors (Lipinski definition) is 1. The standard InChI is InChI=1S/C12H17ClN2O2/c1-4-8-9(13)14-11(17)15(10(8)16)12(2,3)7-5-6-7/h7H,4-6H2,1-3H3,(H,14,17). The highest BCUT2D eigenvalue weighted by molar-refractivity contribution is 6.30. The van der Waals surface area contributed by atoms with Gasteiger partial charge in [-0.1, -0.05) is 18.5 Å². The van der Waals surface area contributed by atoms with Gasteiger partial charge in [0.05, 0.1) is 5.56 Å². The summed E-state index contributed by atoms with van der Waals surface area (Å²) in [7, 11) is 0. The minimum Gasteiger partial charge on any atom is -0.297 e. The Bertz CT molecular complexity index is 553. The fourth-order valence-electron chi connectivity index (χ4n) is 2.35. The lowest BCUT2D eigenvalue weighted by atomic mass is 9.98. The average Bonchev–Trinajstić information content (AvgIpc) is 2.99. The fourth-order valence-corrected chi connectivity index (χ4v) is 2.64. The van der Waals surface area contributed by atoms with Crippen LogP contribution in [0.15, 0.2) is 9.59 Å². The van der Waals surface area contributed by atoms with E-state index in [1.165, 1.54) is 4.57 Å². The number of halogens is 1. The first-order valence-electron chi connectivity index (χ1n) is 5.93. The Hall–Kier alpha value is -1.03. The van der Waals surface area contributed by atoms with Crippen molar-refractivity contribution in [1.82, 2.24) is 9.55 Å². The van der Waals surface area contributed by atoms with Crippen molar-refractivity contribution < 1.29 is 0 Å². The third kappa shape index (κ3) is 1.95. The van der Waals surface area contributed by atoms with E-state index < -0.39 is 11.2 Å². The van der Waals surface area contributed by atoms with E-state index >= 15 is 0 Å². The van der Waals surface area contributed by atoms with Gasteiger partial charge in [-0.2, -0.15) is 0 Å². The van der Waals surface area contributed by atoms with Gasteiger partial charge in [-0.25, -0.2) is 4.79 Å². The van der Waals surface area contributed by atoms with Crippen molar-refractivity contribution in [3.05, 3.63) is 31.6 Å². The van der Waals surface area contributed by atoms with Crippen LogP contribution in [0.4, 0.5) is 0 Å². The van der Waals surface area contributed by atoms with E-state index in [-0.39, 0.29) is 10.7 Å². The summed E-state index contributed by atoms with van der Waals surface area (Å²) in [6.07, 6.45) is 2.67. The monoisotopic (exact) mass is 256 g/mol. The molecule has 5 heteroatoms. The van der Waals surface area contributed by atoms with Crippen molar-refractivity contribution >= 4 is 11.6 Å². The number of aromatic nitrogens is 2. The maximum atomic E-state index is 12.3. The Morgan fingerprint density at radius 2 is 2.00 bits per heavy atom. The Kier molecular flexibility index (Phi) is 2.94. The lowest BCUT2D eigenvalue weighted by Gasteiger charge is -2.26. The van der Waals surface area contributed by atoms with Gasteiger partial charge >= 0.3 is 5.69 Å². The molecule has 0 radical (unpaired) electrons. The molecule has 0 aromatic carbocycles. The number of nitrogens with zero attached hydrogens (tertiary/aromatic N) is 1. The summed E-state index contributed by atoms with van der Waals surface area (Å²) in [4.78, 5) is 26.8. The summed E-state index contributed by atoms with van der Waals surface area (Å²) >= 11 is 5.88. The molecule has 17 heavy (non-hydrogen) atoms. The van der Waals surface area contributed by atoms with Gasteiger partial charge in [-0.3, -0.25) is 14.3 Å². The van der Waals surface area contributed by atoms with Crippen LogP contribution < -0.4 is 11.2 Å².